The number of ketones is 1. The van der Waals surface area contributed by atoms with Gasteiger partial charge >= 0.3 is 0 Å². The molecule has 1 aliphatic carbocycles. The van der Waals surface area contributed by atoms with Crippen molar-refractivity contribution < 1.29 is 4.79 Å². The number of halogens is 1. The van der Waals surface area contributed by atoms with Gasteiger partial charge in [-0.2, -0.15) is 0 Å². The summed E-state index contributed by atoms with van der Waals surface area (Å²) in [5, 5.41) is 4.14. The molecule has 0 heterocycles. The lowest BCUT2D eigenvalue weighted by molar-refractivity contribution is -0.115. The zero-order valence-electron chi connectivity index (χ0n) is 11.7. The second-order valence-electron chi connectivity index (χ2n) is 6.17. The smallest absolute Gasteiger partial charge is 0.158 e. The third kappa shape index (κ3) is 4.10. The van der Waals surface area contributed by atoms with Crippen LogP contribution < -0.4 is 5.32 Å². The fraction of sp³-hybridized carbons (Fsp3) is 0.438. The van der Waals surface area contributed by atoms with Crippen LogP contribution in [-0.2, 0) is 4.79 Å². The predicted octanol–water partition coefficient (Wildman–Crippen LogP) is 4.06. The second kappa shape index (κ2) is 5.38. The molecule has 1 N–H and O–H groups in total. The van der Waals surface area contributed by atoms with Gasteiger partial charge in [0.1, 0.15) is 0 Å². The Labute approximate surface area is 119 Å². The minimum Gasteiger partial charge on any atom is -0.384 e. The van der Waals surface area contributed by atoms with Gasteiger partial charge in [0, 0.05) is 28.8 Å². The fourth-order valence-electron chi connectivity index (χ4n) is 2.43. The summed E-state index contributed by atoms with van der Waals surface area (Å²) in [5.41, 5.74) is 2.19. The highest BCUT2D eigenvalue weighted by Gasteiger charge is 2.24. The maximum Gasteiger partial charge on any atom is 0.158 e. The normalized spacial score (nSPS) is 20.1. The first-order chi connectivity index (χ1) is 8.83. The van der Waals surface area contributed by atoms with E-state index in [1.165, 1.54) is 5.56 Å². The van der Waals surface area contributed by atoms with E-state index in [1.54, 1.807) is 6.08 Å². The Morgan fingerprint density at radius 2 is 1.79 bits per heavy atom. The number of benzene rings is 1. The fourth-order valence-corrected chi connectivity index (χ4v) is 2.56. The van der Waals surface area contributed by atoms with E-state index in [9.17, 15) is 4.79 Å². The van der Waals surface area contributed by atoms with Crippen molar-refractivity contribution in [1.82, 2.24) is 5.32 Å². The maximum absolute atomic E-state index is 11.9. The van der Waals surface area contributed by atoms with Crippen LogP contribution in [0.3, 0.4) is 0 Å². The van der Waals surface area contributed by atoms with Crippen molar-refractivity contribution in [3.63, 3.8) is 0 Å². The highest BCUT2D eigenvalue weighted by atomic mass is 35.5. The van der Waals surface area contributed by atoms with E-state index in [0.717, 1.165) is 17.1 Å². The number of hydrogen-bond acceptors (Lipinski definition) is 2. The van der Waals surface area contributed by atoms with Gasteiger partial charge in [-0.3, -0.25) is 4.79 Å². The van der Waals surface area contributed by atoms with Crippen LogP contribution >= 0.6 is 11.6 Å². The average Bonchev–Trinajstić information content (AvgIpc) is 2.26. The van der Waals surface area contributed by atoms with Crippen LogP contribution in [0.1, 0.15) is 45.1 Å². The number of hydrogen-bond donors (Lipinski definition) is 1. The van der Waals surface area contributed by atoms with E-state index in [-0.39, 0.29) is 17.2 Å². The lowest BCUT2D eigenvalue weighted by atomic mass is 9.85. The Morgan fingerprint density at radius 3 is 2.37 bits per heavy atom. The van der Waals surface area contributed by atoms with Gasteiger partial charge in [-0.25, -0.2) is 0 Å². The van der Waals surface area contributed by atoms with Gasteiger partial charge < -0.3 is 5.32 Å². The van der Waals surface area contributed by atoms with Gasteiger partial charge in [-0.1, -0.05) is 23.7 Å². The van der Waals surface area contributed by atoms with Gasteiger partial charge in [-0.15, -0.1) is 0 Å². The quantitative estimate of drug-likeness (QED) is 0.883. The third-order valence-electron chi connectivity index (χ3n) is 3.13. The van der Waals surface area contributed by atoms with E-state index in [4.69, 9.17) is 11.6 Å². The van der Waals surface area contributed by atoms with Crippen molar-refractivity contribution in [2.24, 2.45) is 0 Å². The highest BCUT2D eigenvalue weighted by Crippen LogP contribution is 2.31. The van der Waals surface area contributed by atoms with Crippen LogP contribution in [0.15, 0.2) is 36.0 Å². The Hall–Kier alpha value is -1.28. The Balaban J connectivity index is 2.15. The summed E-state index contributed by atoms with van der Waals surface area (Å²) in [6, 6.07) is 7.80. The molecule has 0 bridgehead atoms. The molecule has 3 heteroatoms. The zero-order valence-corrected chi connectivity index (χ0v) is 12.4. The maximum atomic E-state index is 11.9. The number of allylic oxidation sites excluding steroid dienone is 2. The molecule has 0 saturated carbocycles. The molecule has 0 saturated heterocycles. The van der Waals surface area contributed by atoms with Crippen molar-refractivity contribution in [3.05, 3.63) is 46.6 Å². The van der Waals surface area contributed by atoms with Gasteiger partial charge in [0.05, 0.1) is 0 Å². The summed E-state index contributed by atoms with van der Waals surface area (Å²) in [7, 11) is 0. The molecule has 1 aromatic carbocycles. The van der Waals surface area contributed by atoms with Crippen LogP contribution in [0, 0.1) is 0 Å². The standard InChI is InChI=1S/C16H20ClNO/c1-16(2,3)18-14-8-12(9-15(19)10-14)11-4-6-13(17)7-5-11/h4-7,10,12,18H,8-9H2,1-3H3. The summed E-state index contributed by atoms with van der Waals surface area (Å²) >= 11 is 5.90. The van der Waals surface area contributed by atoms with Crippen molar-refractivity contribution in [2.75, 3.05) is 0 Å². The van der Waals surface area contributed by atoms with Crippen molar-refractivity contribution >= 4 is 17.4 Å². The second-order valence-corrected chi connectivity index (χ2v) is 6.60. The molecule has 0 fully saturated rings. The lowest BCUT2D eigenvalue weighted by Gasteiger charge is -2.29. The largest absolute Gasteiger partial charge is 0.384 e. The Bertz CT molecular complexity index is 496. The minimum absolute atomic E-state index is 0.0198. The third-order valence-corrected chi connectivity index (χ3v) is 3.38. The summed E-state index contributed by atoms with van der Waals surface area (Å²) in [6.07, 6.45) is 3.21. The number of carbonyl (C=O) groups is 1. The molecule has 0 spiro atoms. The molecule has 1 atom stereocenters. The Morgan fingerprint density at radius 1 is 1.16 bits per heavy atom. The van der Waals surface area contributed by atoms with E-state index in [0.29, 0.717) is 6.42 Å². The van der Waals surface area contributed by atoms with E-state index in [2.05, 4.69) is 26.1 Å². The predicted molar refractivity (Wildman–Crippen MR) is 79.4 cm³/mol. The topological polar surface area (TPSA) is 29.1 Å². The first kappa shape index (κ1) is 14.1. The summed E-state index contributed by atoms with van der Waals surface area (Å²) in [5.74, 6) is 0.442. The van der Waals surface area contributed by atoms with Crippen molar-refractivity contribution in [3.8, 4) is 0 Å². The minimum atomic E-state index is -0.0198. The summed E-state index contributed by atoms with van der Waals surface area (Å²) < 4.78 is 0. The molecule has 0 radical (unpaired) electrons. The number of nitrogens with one attached hydrogen (secondary N) is 1. The first-order valence-corrected chi connectivity index (χ1v) is 6.98. The molecule has 2 rings (SSSR count). The molecule has 102 valence electrons. The lowest BCUT2D eigenvalue weighted by Crippen LogP contribution is -2.37. The van der Waals surface area contributed by atoms with Crippen LogP contribution in [0.25, 0.3) is 0 Å². The molecule has 1 unspecified atom stereocenters. The molecule has 2 nitrogen and oxygen atoms in total. The summed E-state index contributed by atoms with van der Waals surface area (Å²) in [4.78, 5) is 11.9. The van der Waals surface area contributed by atoms with E-state index < -0.39 is 0 Å². The van der Waals surface area contributed by atoms with Crippen molar-refractivity contribution in [2.45, 2.75) is 45.1 Å². The molecule has 0 amide bonds. The molecule has 1 aliphatic rings. The van der Waals surface area contributed by atoms with Crippen molar-refractivity contribution in [1.29, 1.82) is 0 Å². The molecule has 0 aliphatic heterocycles. The zero-order chi connectivity index (χ0) is 14.0. The molecule has 1 aromatic rings. The Kier molecular flexibility index (Phi) is 4.00. The van der Waals surface area contributed by atoms with Gasteiger partial charge in [-0.05, 0) is 50.8 Å². The van der Waals surface area contributed by atoms with Gasteiger partial charge in [0.15, 0.2) is 5.78 Å². The monoisotopic (exact) mass is 277 g/mol. The molecule has 19 heavy (non-hydrogen) atoms. The van der Waals surface area contributed by atoms with Gasteiger partial charge in [0.2, 0.25) is 0 Å². The molecular weight excluding hydrogens is 258 g/mol. The molecule has 0 aromatic heterocycles. The van der Waals surface area contributed by atoms with Crippen LogP contribution in [0.5, 0.6) is 0 Å². The van der Waals surface area contributed by atoms with E-state index >= 15 is 0 Å². The SMILES string of the molecule is CC(C)(C)NC1=CC(=O)CC(c2ccc(Cl)cc2)C1. The average molecular weight is 278 g/mol. The van der Waals surface area contributed by atoms with Crippen LogP contribution in [0.2, 0.25) is 5.02 Å². The summed E-state index contributed by atoms with van der Waals surface area (Å²) in [6.45, 7) is 6.30. The number of carbonyl (C=O) groups excluding carboxylic acids is 1. The van der Waals surface area contributed by atoms with E-state index in [1.807, 2.05) is 24.3 Å². The number of rotatable bonds is 2. The van der Waals surface area contributed by atoms with Gasteiger partial charge in [0.25, 0.3) is 0 Å². The highest BCUT2D eigenvalue weighted by molar-refractivity contribution is 6.30. The molecular formula is C16H20ClNO. The van der Waals surface area contributed by atoms with Crippen LogP contribution in [0.4, 0.5) is 0 Å². The first-order valence-electron chi connectivity index (χ1n) is 6.60. The van der Waals surface area contributed by atoms with Crippen LogP contribution in [-0.4, -0.2) is 11.3 Å².